The first-order valence-electron chi connectivity index (χ1n) is 9.31. The minimum atomic E-state index is -0.255. The first-order chi connectivity index (χ1) is 12.1. The Morgan fingerprint density at radius 2 is 2.20 bits per heavy atom. The van der Waals surface area contributed by atoms with Crippen molar-refractivity contribution in [2.24, 2.45) is 5.41 Å². The standard InChI is InChI=1S/C19H28N4O2/c1-2-10-23-11-5-7-19(18(23)25)8-12-22(15-19)14-17(24)21-13-16-6-3-4-9-20-16/h3-4,6,9H,2,5,7-8,10-15H2,1H3,(H,21,24). The van der Waals surface area contributed by atoms with Gasteiger partial charge < -0.3 is 10.2 Å². The second-order valence-electron chi connectivity index (χ2n) is 7.23. The molecule has 2 amide bonds. The van der Waals surface area contributed by atoms with Crippen molar-refractivity contribution in [3.05, 3.63) is 30.1 Å². The van der Waals surface area contributed by atoms with Gasteiger partial charge >= 0.3 is 0 Å². The minimum Gasteiger partial charge on any atom is -0.349 e. The van der Waals surface area contributed by atoms with E-state index in [1.807, 2.05) is 23.1 Å². The molecule has 136 valence electrons. The molecule has 1 unspecified atom stereocenters. The topological polar surface area (TPSA) is 65.5 Å². The quantitative estimate of drug-likeness (QED) is 0.848. The van der Waals surface area contributed by atoms with E-state index in [2.05, 4.69) is 22.1 Å². The van der Waals surface area contributed by atoms with Gasteiger partial charge in [0.1, 0.15) is 0 Å². The van der Waals surface area contributed by atoms with Crippen LogP contribution in [0, 0.1) is 5.41 Å². The number of piperidine rings is 1. The van der Waals surface area contributed by atoms with E-state index < -0.39 is 0 Å². The van der Waals surface area contributed by atoms with Crippen molar-refractivity contribution in [2.45, 2.75) is 39.2 Å². The number of pyridine rings is 1. The average molecular weight is 344 g/mol. The van der Waals surface area contributed by atoms with Crippen molar-refractivity contribution in [1.82, 2.24) is 20.1 Å². The molecular weight excluding hydrogens is 316 g/mol. The Bertz CT molecular complexity index is 605. The number of carbonyl (C=O) groups excluding carboxylic acids is 2. The van der Waals surface area contributed by atoms with Gasteiger partial charge in [-0.1, -0.05) is 13.0 Å². The second kappa shape index (κ2) is 7.95. The lowest BCUT2D eigenvalue weighted by atomic mass is 9.78. The largest absolute Gasteiger partial charge is 0.349 e. The lowest BCUT2D eigenvalue weighted by molar-refractivity contribution is -0.145. The summed E-state index contributed by atoms with van der Waals surface area (Å²) in [6, 6.07) is 5.67. The number of nitrogens with one attached hydrogen (secondary N) is 1. The molecule has 0 radical (unpaired) electrons. The summed E-state index contributed by atoms with van der Waals surface area (Å²) in [6.45, 7) is 6.19. The molecular formula is C19H28N4O2. The number of aromatic nitrogens is 1. The number of rotatable bonds is 6. The summed E-state index contributed by atoms with van der Waals surface area (Å²) < 4.78 is 0. The fourth-order valence-electron chi connectivity index (χ4n) is 4.06. The highest BCUT2D eigenvalue weighted by Crippen LogP contribution is 2.39. The molecule has 0 aliphatic carbocycles. The van der Waals surface area contributed by atoms with Crippen molar-refractivity contribution in [1.29, 1.82) is 0 Å². The van der Waals surface area contributed by atoms with Crippen molar-refractivity contribution in [2.75, 3.05) is 32.7 Å². The van der Waals surface area contributed by atoms with Crippen molar-refractivity contribution >= 4 is 11.8 Å². The van der Waals surface area contributed by atoms with Crippen LogP contribution in [0.3, 0.4) is 0 Å². The summed E-state index contributed by atoms with van der Waals surface area (Å²) in [5, 5.41) is 2.92. The highest BCUT2D eigenvalue weighted by atomic mass is 16.2. The number of hydrogen-bond donors (Lipinski definition) is 1. The molecule has 1 atom stereocenters. The first-order valence-corrected chi connectivity index (χ1v) is 9.31. The third kappa shape index (κ3) is 4.18. The molecule has 25 heavy (non-hydrogen) atoms. The molecule has 1 aromatic heterocycles. The van der Waals surface area contributed by atoms with E-state index >= 15 is 0 Å². The van der Waals surface area contributed by atoms with Crippen LogP contribution in [0.15, 0.2) is 24.4 Å². The number of amides is 2. The zero-order chi connectivity index (χ0) is 17.7. The number of likely N-dealkylation sites (tertiary alicyclic amines) is 2. The van der Waals surface area contributed by atoms with E-state index in [0.29, 0.717) is 25.5 Å². The Morgan fingerprint density at radius 1 is 1.32 bits per heavy atom. The molecule has 2 fully saturated rings. The van der Waals surface area contributed by atoms with Gasteiger partial charge in [-0.15, -0.1) is 0 Å². The highest BCUT2D eigenvalue weighted by molar-refractivity contribution is 5.84. The molecule has 2 saturated heterocycles. The van der Waals surface area contributed by atoms with Gasteiger partial charge in [0, 0.05) is 25.8 Å². The van der Waals surface area contributed by atoms with Crippen LogP contribution in [0.4, 0.5) is 0 Å². The predicted molar refractivity (Wildman–Crippen MR) is 95.7 cm³/mol. The van der Waals surface area contributed by atoms with Gasteiger partial charge in [0.2, 0.25) is 11.8 Å². The third-order valence-electron chi connectivity index (χ3n) is 5.31. The normalized spacial score (nSPS) is 24.0. The summed E-state index contributed by atoms with van der Waals surface area (Å²) >= 11 is 0. The second-order valence-corrected chi connectivity index (χ2v) is 7.23. The molecule has 6 heteroatoms. The Kier molecular flexibility index (Phi) is 5.68. The molecule has 0 aromatic carbocycles. The number of hydrogen-bond acceptors (Lipinski definition) is 4. The van der Waals surface area contributed by atoms with E-state index in [0.717, 1.165) is 51.0 Å². The van der Waals surface area contributed by atoms with Crippen LogP contribution in [0.25, 0.3) is 0 Å². The Hall–Kier alpha value is -1.95. The maximum atomic E-state index is 12.9. The van der Waals surface area contributed by atoms with E-state index in [1.54, 1.807) is 6.20 Å². The van der Waals surface area contributed by atoms with E-state index in [4.69, 9.17) is 0 Å². The van der Waals surface area contributed by atoms with Gasteiger partial charge in [-0.2, -0.15) is 0 Å². The van der Waals surface area contributed by atoms with Crippen molar-refractivity contribution < 1.29 is 9.59 Å². The van der Waals surface area contributed by atoms with Crippen molar-refractivity contribution in [3.8, 4) is 0 Å². The van der Waals surface area contributed by atoms with Gasteiger partial charge in [-0.05, 0) is 44.4 Å². The SMILES string of the molecule is CCCN1CCCC2(CCN(CC(=O)NCc3ccccn3)C2)C1=O. The van der Waals surface area contributed by atoms with Gasteiger partial charge in [0.05, 0.1) is 24.2 Å². The monoisotopic (exact) mass is 344 g/mol. The van der Waals surface area contributed by atoms with Crippen LogP contribution in [0.2, 0.25) is 0 Å². The minimum absolute atomic E-state index is 0.00336. The fourth-order valence-corrected chi connectivity index (χ4v) is 4.06. The van der Waals surface area contributed by atoms with E-state index in [1.165, 1.54) is 0 Å². The molecule has 2 aliphatic heterocycles. The lowest BCUT2D eigenvalue weighted by Crippen LogP contribution is -2.50. The van der Waals surface area contributed by atoms with Crippen LogP contribution >= 0.6 is 0 Å². The molecule has 3 heterocycles. The molecule has 2 aliphatic rings. The summed E-state index contributed by atoms with van der Waals surface area (Å²) in [5.74, 6) is 0.299. The Labute approximate surface area is 149 Å². The van der Waals surface area contributed by atoms with E-state index in [-0.39, 0.29) is 11.3 Å². The highest BCUT2D eigenvalue weighted by Gasteiger charge is 2.48. The van der Waals surface area contributed by atoms with Crippen LogP contribution in [-0.2, 0) is 16.1 Å². The van der Waals surface area contributed by atoms with Crippen LogP contribution < -0.4 is 5.32 Å². The maximum Gasteiger partial charge on any atom is 0.234 e. The van der Waals surface area contributed by atoms with E-state index in [9.17, 15) is 9.59 Å². The van der Waals surface area contributed by atoms with Gasteiger partial charge in [0.15, 0.2) is 0 Å². The molecule has 0 bridgehead atoms. The fraction of sp³-hybridized carbons (Fsp3) is 0.632. The summed E-state index contributed by atoms with van der Waals surface area (Å²) in [4.78, 5) is 33.4. The molecule has 3 rings (SSSR count). The van der Waals surface area contributed by atoms with Gasteiger partial charge in [0.25, 0.3) is 0 Å². The molecule has 1 spiro atoms. The zero-order valence-electron chi connectivity index (χ0n) is 15.0. The summed E-state index contributed by atoms with van der Waals surface area (Å²) in [5.41, 5.74) is 0.598. The number of nitrogens with zero attached hydrogens (tertiary/aromatic N) is 3. The molecule has 6 nitrogen and oxygen atoms in total. The summed E-state index contributed by atoms with van der Waals surface area (Å²) in [6.07, 6.45) is 5.63. The van der Waals surface area contributed by atoms with Gasteiger partial charge in [-0.3, -0.25) is 19.5 Å². The summed E-state index contributed by atoms with van der Waals surface area (Å²) in [7, 11) is 0. The predicted octanol–water partition coefficient (Wildman–Crippen LogP) is 1.42. The van der Waals surface area contributed by atoms with Crippen LogP contribution in [-0.4, -0.2) is 59.3 Å². The van der Waals surface area contributed by atoms with Crippen LogP contribution in [0.5, 0.6) is 0 Å². The Morgan fingerprint density at radius 3 is 2.96 bits per heavy atom. The zero-order valence-corrected chi connectivity index (χ0v) is 15.0. The lowest BCUT2D eigenvalue weighted by Gasteiger charge is -2.39. The number of carbonyl (C=O) groups is 2. The molecule has 0 saturated carbocycles. The third-order valence-corrected chi connectivity index (χ3v) is 5.31. The van der Waals surface area contributed by atoms with Crippen LogP contribution in [0.1, 0.15) is 38.3 Å². The smallest absolute Gasteiger partial charge is 0.234 e. The first kappa shape index (κ1) is 17.9. The van der Waals surface area contributed by atoms with Crippen molar-refractivity contribution in [3.63, 3.8) is 0 Å². The molecule has 1 N–H and O–H groups in total. The van der Waals surface area contributed by atoms with Gasteiger partial charge in [-0.25, -0.2) is 0 Å². The molecule has 1 aromatic rings. The maximum absolute atomic E-state index is 12.9. The average Bonchev–Trinajstić information content (AvgIpc) is 3.02. The Balaban J connectivity index is 1.50.